The molecule has 0 radical (unpaired) electrons. The van der Waals surface area contributed by atoms with E-state index in [4.69, 9.17) is 4.74 Å². The predicted molar refractivity (Wildman–Crippen MR) is 99.9 cm³/mol. The highest BCUT2D eigenvalue weighted by Gasteiger charge is 2.31. The van der Waals surface area contributed by atoms with Crippen LogP contribution in [-0.2, 0) is 21.2 Å². The van der Waals surface area contributed by atoms with Gasteiger partial charge in [-0.2, -0.15) is 0 Å². The van der Waals surface area contributed by atoms with Crippen molar-refractivity contribution >= 4 is 21.6 Å². The molecule has 0 spiro atoms. The molecular weight excluding hydrogens is 352 g/mol. The van der Waals surface area contributed by atoms with Crippen LogP contribution in [0.3, 0.4) is 0 Å². The van der Waals surface area contributed by atoms with E-state index in [9.17, 15) is 13.2 Å². The van der Waals surface area contributed by atoms with Gasteiger partial charge in [0.25, 0.3) is 15.9 Å². The van der Waals surface area contributed by atoms with E-state index < -0.39 is 10.0 Å². The molecule has 1 aliphatic rings. The van der Waals surface area contributed by atoms with Crippen LogP contribution >= 0.6 is 0 Å². The Hall–Kier alpha value is -2.38. The molecule has 2 aromatic carbocycles. The number of hydrogen-bond acceptors (Lipinski definition) is 4. The van der Waals surface area contributed by atoms with E-state index in [0.29, 0.717) is 30.8 Å². The average Bonchev–Trinajstić information content (AvgIpc) is 3.06. The third-order valence-electron chi connectivity index (χ3n) is 4.32. The van der Waals surface area contributed by atoms with Crippen molar-refractivity contribution in [3.8, 4) is 0 Å². The van der Waals surface area contributed by atoms with Crippen LogP contribution in [0.25, 0.3) is 0 Å². The van der Waals surface area contributed by atoms with Crippen molar-refractivity contribution in [3.63, 3.8) is 0 Å². The van der Waals surface area contributed by atoms with Crippen molar-refractivity contribution in [1.29, 1.82) is 0 Å². The van der Waals surface area contributed by atoms with E-state index in [1.807, 2.05) is 6.92 Å². The summed E-state index contributed by atoms with van der Waals surface area (Å²) < 4.78 is 32.2. The van der Waals surface area contributed by atoms with Gasteiger partial charge in [0, 0.05) is 25.3 Å². The molecule has 6 nitrogen and oxygen atoms in total. The first-order valence-electron chi connectivity index (χ1n) is 8.44. The average molecular weight is 374 g/mol. The molecule has 0 saturated carbocycles. The molecule has 1 atom stereocenters. The van der Waals surface area contributed by atoms with Crippen LogP contribution in [0.2, 0.25) is 0 Å². The highest BCUT2D eigenvalue weighted by molar-refractivity contribution is 7.92. The second-order valence-corrected chi connectivity index (χ2v) is 8.18. The zero-order chi connectivity index (χ0) is 18.7. The first-order chi connectivity index (χ1) is 12.4. The zero-order valence-electron chi connectivity index (χ0n) is 14.8. The minimum Gasteiger partial charge on any atom is -0.383 e. The molecule has 2 aromatic rings. The SMILES string of the molecule is COC[C@@H](C)NC(=O)c1ccc2c(c1)CCN2S(=O)(=O)c1ccccc1. The number of rotatable bonds is 6. The number of carbonyl (C=O) groups is 1. The van der Waals surface area contributed by atoms with Crippen LogP contribution in [0, 0.1) is 0 Å². The number of nitrogens with zero attached hydrogens (tertiary/aromatic N) is 1. The van der Waals surface area contributed by atoms with Crippen LogP contribution < -0.4 is 9.62 Å². The lowest BCUT2D eigenvalue weighted by atomic mass is 10.1. The van der Waals surface area contributed by atoms with Crippen LogP contribution in [0.4, 0.5) is 5.69 Å². The standard InChI is InChI=1S/C19H22N2O4S/c1-14(13-25-2)20-19(22)16-8-9-18-15(12-16)10-11-21(18)26(23,24)17-6-4-3-5-7-17/h3-9,12,14H,10-11,13H2,1-2H3,(H,20,22)/t14-/m1/s1. The zero-order valence-corrected chi connectivity index (χ0v) is 15.6. The summed E-state index contributed by atoms with van der Waals surface area (Å²) in [6, 6.07) is 13.4. The molecule has 1 amide bonds. The number of carbonyl (C=O) groups excluding carboxylic acids is 1. The van der Waals surface area contributed by atoms with E-state index in [0.717, 1.165) is 5.56 Å². The lowest BCUT2D eigenvalue weighted by Crippen LogP contribution is -2.35. The molecule has 1 heterocycles. The smallest absolute Gasteiger partial charge is 0.264 e. The largest absolute Gasteiger partial charge is 0.383 e. The Morgan fingerprint density at radius 2 is 1.96 bits per heavy atom. The van der Waals surface area contributed by atoms with Gasteiger partial charge < -0.3 is 10.1 Å². The lowest BCUT2D eigenvalue weighted by molar-refractivity contribution is 0.0905. The number of fused-ring (bicyclic) bond motifs is 1. The minimum atomic E-state index is -3.60. The number of ether oxygens (including phenoxy) is 1. The highest BCUT2D eigenvalue weighted by atomic mass is 32.2. The number of sulfonamides is 1. The molecule has 0 fully saturated rings. The van der Waals surface area contributed by atoms with Gasteiger partial charge in [-0.15, -0.1) is 0 Å². The van der Waals surface area contributed by atoms with Gasteiger partial charge in [0.05, 0.1) is 17.2 Å². The summed E-state index contributed by atoms with van der Waals surface area (Å²) in [6.07, 6.45) is 0.580. The maximum Gasteiger partial charge on any atom is 0.264 e. The Morgan fingerprint density at radius 3 is 2.65 bits per heavy atom. The molecule has 1 aliphatic heterocycles. The van der Waals surface area contributed by atoms with Gasteiger partial charge in [0.15, 0.2) is 0 Å². The summed E-state index contributed by atoms with van der Waals surface area (Å²) >= 11 is 0. The van der Waals surface area contributed by atoms with Crippen molar-refractivity contribution in [2.24, 2.45) is 0 Å². The maximum absolute atomic E-state index is 12.9. The number of hydrogen-bond donors (Lipinski definition) is 1. The summed E-state index contributed by atoms with van der Waals surface area (Å²) in [5.41, 5.74) is 2.01. The van der Waals surface area contributed by atoms with E-state index in [1.165, 1.54) is 4.31 Å². The molecule has 3 rings (SSSR count). The van der Waals surface area contributed by atoms with Gasteiger partial charge in [-0.3, -0.25) is 9.10 Å². The Kier molecular flexibility index (Phi) is 5.29. The maximum atomic E-state index is 12.9. The molecule has 0 saturated heterocycles. The normalized spacial score (nSPS) is 14.8. The monoisotopic (exact) mass is 374 g/mol. The Bertz CT molecular complexity index is 897. The third-order valence-corrected chi connectivity index (χ3v) is 6.15. The topological polar surface area (TPSA) is 75.7 Å². The van der Waals surface area contributed by atoms with Crippen LogP contribution in [0.1, 0.15) is 22.8 Å². The molecule has 138 valence electrons. The van der Waals surface area contributed by atoms with Gasteiger partial charge in [-0.25, -0.2) is 8.42 Å². The van der Waals surface area contributed by atoms with E-state index in [2.05, 4.69) is 5.32 Å². The van der Waals surface area contributed by atoms with Crippen molar-refractivity contribution in [3.05, 3.63) is 59.7 Å². The van der Waals surface area contributed by atoms with Crippen molar-refractivity contribution in [1.82, 2.24) is 5.32 Å². The molecule has 0 bridgehead atoms. The summed E-state index contributed by atoms with van der Waals surface area (Å²) in [5.74, 6) is -0.193. The highest BCUT2D eigenvalue weighted by Crippen LogP contribution is 2.33. The Balaban J connectivity index is 1.84. The predicted octanol–water partition coefficient (Wildman–Crippen LogP) is 2.20. The fourth-order valence-corrected chi connectivity index (χ4v) is 4.61. The summed E-state index contributed by atoms with van der Waals surface area (Å²) in [4.78, 5) is 12.6. The Morgan fingerprint density at radius 1 is 1.23 bits per heavy atom. The first-order valence-corrected chi connectivity index (χ1v) is 9.88. The fourth-order valence-electron chi connectivity index (χ4n) is 3.08. The number of methoxy groups -OCH3 is 1. The fraction of sp³-hybridized carbons (Fsp3) is 0.316. The summed E-state index contributed by atoms with van der Waals surface area (Å²) in [5, 5.41) is 2.86. The van der Waals surface area contributed by atoms with E-state index in [1.54, 1.807) is 55.6 Å². The number of nitrogens with one attached hydrogen (secondary N) is 1. The molecule has 1 N–H and O–H groups in total. The van der Waals surface area contributed by atoms with E-state index >= 15 is 0 Å². The third kappa shape index (κ3) is 3.59. The molecule has 7 heteroatoms. The molecule has 0 unspecified atom stereocenters. The lowest BCUT2D eigenvalue weighted by Gasteiger charge is -2.20. The number of anilines is 1. The first kappa shape index (κ1) is 18.4. The van der Waals surface area contributed by atoms with Gasteiger partial charge >= 0.3 is 0 Å². The van der Waals surface area contributed by atoms with Gasteiger partial charge in [-0.1, -0.05) is 18.2 Å². The molecule has 26 heavy (non-hydrogen) atoms. The van der Waals surface area contributed by atoms with E-state index in [-0.39, 0.29) is 16.8 Å². The minimum absolute atomic E-state index is 0.101. The van der Waals surface area contributed by atoms with Crippen molar-refractivity contribution < 1.29 is 17.9 Å². The quantitative estimate of drug-likeness (QED) is 0.841. The van der Waals surface area contributed by atoms with Crippen molar-refractivity contribution in [2.75, 3.05) is 24.6 Å². The molecule has 0 aromatic heterocycles. The second kappa shape index (κ2) is 7.47. The number of amides is 1. The van der Waals surface area contributed by atoms with Gasteiger partial charge in [-0.05, 0) is 49.2 Å². The summed E-state index contributed by atoms with van der Waals surface area (Å²) in [6.45, 7) is 2.67. The Labute approximate surface area is 153 Å². The van der Waals surface area contributed by atoms with Crippen LogP contribution in [-0.4, -0.2) is 40.6 Å². The summed E-state index contributed by atoms with van der Waals surface area (Å²) in [7, 11) is -2.01. The molecular formula is C19H22N2O4S. The van der Waals surface area contributed by atoms with Crippen LogP contribution in [0.15, 0.2) is 53.4 Å². The second-order valence-electron chi connectivity index (χ2n) is 6.31. The van der Waals surface area contributed by atoms with Gasteiger partial charge in [0.1, 0.15) is 0 Å². The molecule has 0 aliphatic carbocycles. The van der Waals surface area contributed by atoms with Crippen molar-refractivity contribution in [2.45, 2.75) is 24.3 Å². The van der Waals surface area contributed by atoms with Crippen LogP contribution in [0.5, 0.6) is 0 Å². The van der Waals surface area contributed by atoms with Gasteiger partial charge in [0.2, 0.25) is 0 Å². The number of benzene rings is 2.